The summed E-state index contributed by atoms with van der Waals surface area (Å²) in [6, 6.07) is 0. The summed E-state index contributed by atoms with van der Waals surface area (Å²) in [5, 5.41) is 12.7. The molecule has 90 valence electrons. The first-order valence-electron chi connectivity index (χ1n) is 5.60. The van der Waals surface area contributed by atoms with Crippen LogP contribution in [0.5, 0.6) is 0 Å². The van der Waals surface area contributed by atoms with Crippen LogP contribution in [0.15, 0.2) is 6.20 Å². The molecule has 0 aliphatic rings. The van der Waals surface area contributed by atoms with Gasteiger partial charge >= 0.3 is 0 Å². The third-order valence-corrected chi connectivity index (χ3v) is 2.52. The van der Waals surface area contributed by atoms with Crippen molar-refractivity contribution in [3.05, 3.63) is 11.8 Å². The summed E-state index contributed by atoms with van der Waals surface area (Å²) in [5.74, 6) is 0.631. The van der Waals surface area contributed by atoms with Crippen molar-refractivity contribution in [3.63, 3.8) is 0 Å². The highest BCUT2D eigenvalue weighted by Crippen LogP contribution is 2.13. The normalized spacial score (nSPS) is 11.5. The molecule has 0 aliphatic heterocycles. The van der Waals surface area contributed by atoms with Gasteiger partial charge in [0.2, 0.25) is 5.91 Å². The van der Waals surface area contributed by atoms with Crippen molar-refractivity contribution in [2.45, 2.75) is 39.7 Å². The summed E-state index contributed by atoms with van der Waals surface area (Å²) in [4.78, 5) is 12.0. The van der Waals surface area contributed by atoms with Gasteiger partial charge in [0.25, 0.3) is 0 Å². The second kappa shape index (κ2) is 5.12. The van der Waals surface area contributed by atoms with Crippen molar-refractivity contribution in [2.75, 3.05) is 11.9 Å². The molecule has 5 nitrogen and oxygen atoms in total. The Labute approximate surface area is 96.0 Å². The molecule has 0 saturated carbocycles. The fourth-order valence-electron chi connectivity index (χ4n) is 1.48. The van der Waals surface area contributed by atoms with Crippen LogP contribution in [0.3, 0.4) is 0 Å². The van der Waals surface area contributed by atoms with Crippen molar-refractivity contribution >= 4 is 11.7 Å². The molecule has 0 radical (unpaired) electrons. The zero-order valence-electron chi connectivity index (χ0n) is 10.3. The lowest BCUT2D eigenvalue weighted by atomic mass is 10.0. The van der Waals surface area contributed by atoms with Gasteiger partial charge < -0.3 is 10.6 Å². The first kappa shape index (κ1) is 12.7. The number of hydrogen-bond donors (Lipinski definition) is 3. The van der Waals surface area contributed by atoms with Gasteiger partial charge in [-0.1, -0.05) is 13.8 Å². The van der Waals surface area contributed by atoms with Gasteiger partial charge in [0.1, 0.15) is 5.82 Å². The molecular weight excluding hydrogens is 204 g/mol. The number of aromatic nitrogens is 2. The maximum Gasteiger partial charge on any atom is 0.245 e. The molecule has 0 atom stereocenters. The second-order valence-electron chi connectivity index (χ2n) is 4.23. The molecule has 1 amide bonds. The minimum absolute atomic E-state index is 0.0618. The van der Waals surface area contributed by atoms with Crippen molar-refractivity contribution in [1.29, 1.82) is 0 Å². The summed E-state index contributed by atoms with van der Waals surface area (Å²) in [6.45, 7) is 8.46. The lowest BCUT2D eigenvalue weighted by molar-refractivity contribution is -0.121. The van der Waals surface area contributed by atoms with Gasteiger partial charge in [-0.3, -0.25) is 9.89 Å². The smallest absolute Gasteiger partial charge is 0.245 e. The number of aromatic amines is 1. The van der Waals surface area contributed by atoms with E-state index in [2.05, 4.69) is 20.8 Å². The quantitative estimate of drug-likeness (QED) is 0.706. The molecule has 0 aliphatic carbocycles. The number of H-pyrrole nitrogens is 1. The maximum atomic E-state index is 12.0. The summed E-state index contributed by atoms with van der Waals surface area (Å²) in [7, 11) is 0. The summed E-state index contributed by atoms with van der Waals surface area (Å²) in [6.07, 6.45) is 2.57. The average Bonchev–Trinajstić information content (AvgIpc) is 2.65. The Bertz CT molecular complexity index is 357. The number of rotatable bonds is 5. The number of likely N-dealkylation sites (N-methyl/N-ethyl adjacent to an activating group) is 1. The van der Waals surface area contributed by atoms with E-state index >= 15 is 0 Å². The molecule has 0 unspecified atom stereocenters. The van der Waals surface area contributed by atoms with Crippen LogP contribution in [0.1, 0.15) is 33.3 Å². The van der Waals surface area contributed by atoms with Crippen LogP contribution in [0.4, 0.5) is 5.82 Å². The molecule has 5 heteroatoms. The Morgan fingerprint density at radius 2 is 2.19 bits per heavy atom. The zero-order chi connectivity index (χ0) is 12.2. The van der Waals surface area contributed by atoms with Crippen LogP contribution in [0.2, 0.25) is 0 Å². The number of anilines is 1. The van der Waals surface area contributed by atoms with Gasteiger partial charge in [-0.25, -0.2) is 0 Å². The highest BCUT2D eigenvalue weighted by atomic mass is 16.2. The number of hydrogen-bond acceptors (Lipinski definition) is 3. The van der Waals surface area contributed by atoms with E-state index in [-0.39, 0.29) is 5.91 Å². The van der Waals surface area contributed by atoms with Crippen LogP contribution >= 0.6 is 0 Å². The van der Waals surface area contributed by atoms with E-state index in [1.165, 1.54) is 0 Å². The van der Waals surface area contributed by atoms with Crippen molar-refractivity contribution < 1.29 is 4.79 Å². The number of amides is 1. The van der Waals surface area contributed by atoms with E-state index in [1.807, 2.05) is 27.7 Å². The van der Waals surface area contributed by atoms with Gasteiger partial charge in [0, 0.05) is 5.56 Å². The minimum atomic E-state index is -0.579. The van der Waals surface area contributed by atoms with Gasteiger partial charge in [-0.15, -0.1) is 0 Å². The zero-order valence-corrected chi connectivity index (χ0v) is 10.3. The molecule has 16 heavy (non-hydrogen) atoms. The number of nitrogens with zero attached hydrogens (tertiary/aromatic N) is 1. The summed E-state index contributed by atoms with van der Waals surface area (Å²) >= 11 is 0. The second-order valence-corrected chi connectivity index (χ2v) is 4.23. The van der Waals surface area contributed by atoms with Crippen LogP contribution in [0, 0.1) is 0 Å². The van der Waals surface area contributed by atoms with E-state index in [0.717, 1.165) is 18.5 Å². The molecule has 3 N–H and O–H groups in total. The lowest BCUT2D eigenvalue weighted by Gasteiger charge is -2.24. The predicted octanol–water partition coefficient (Wildman–Crippen LogP) is 1.30. The van der Waals surface area contributed by atoms with Gasteiger partial charge in [0.05, 0.1) is 11.7 Å². The van der Waals surface area contributed by atoms with Gasteiger partial charge in [-0.05, 0) is 26.8 Å². The summed E-state index contributed by atoms with van der Waals surface area (Å²) in [5.41, 5.74) is 0.436. The first-order valence-corrected chi connectivity index (χ1v) is 5.60. The Morgan fingerprint density at radius 1 is 1.50 bits per heavy atom. The molecule has 0 bridgehead atoms. The Balaban J connectivity index is 2.71. The van der Waals surface area contributed by atoms with Crippen molar-refractivity contribution in [2.24, 2.45) is 0 Å². The van der Waals surface area contributed by atoms with E-state index in [9.17, 15) is 4.79 Å². The standard InChI is InChI=1S/C11H20N4O/c1-5-8-7-13-15-9(8)14-10(16)11(3,4)12-6-2/h7,12H,5-6H2,1-4H3,(H2,13,14,15,16). The number of aryl methyl sites for hydroxylation is 1. The third-order valence-electron chi connectivity index (χ3n) is 2.52. The van der Waals surface area contributed by atoms with Crippen molar-refractivity contribution in [1.82, 2.24) is 15.5 Å². The third kappa shape index (κ3) is 2.82. The largest absolute Gasteiger partial charge is 0.309 e. The maximum absolute atomic E-state index is 12.0. The van der Waals surface area contributed by atoms with Crippen LogP contribution in [0.25, 0.3) is 0 Å². The monoisotopic (exact) mass is 224 g/mol. The van der Waals surface area contributed by atoms with Crippen LogP contribution in [-0.2, 0) is 11.2 Å². The van der Waals surface area contributed by atoms with E-state index in [4.69, 9.17) is 0 Å². The fraction of sp³-hybridized carbons (Fsp3) is 0.636. The fourth-order valence-corrected chi connectivity index (χ4v) is 1.48. The number of nitrogens with one attached hydrogen (secondary N) is 3. The highest BCUT2D eigenvalue weighted by molar-refractivity contribution is 5.97. The Kier molecular flexibility index (Phi) is 4.06. The number of carbonyl (C=O) groups is 1. The molecule has 0 saturated heterocycles. The van der Waals surface area contributed by atoms with Crippen LogP contribution in [-0.4, -0.2) is 28.2 Å². The minimum Gasteiger partial charge on any atom is -0.309 e. The Hall–Kier alpha value is -1.36. The molecule has 1 aromatic heterocycles. The SMILES string of the molecule is CCNC(C)(C)C(=O)Nc1[nH]ncc1CC. The van der Waals surface area contributed by atoms with Crippen LogP contribution < -0.4 is 10.6 Å². The van der Waals surface area contributed by atoms with E-state index in [1.54, 1.807) is 6.20 Å². The molecule has 0 spiro atoms. The van der Waals surface area contributed by atoms with Crippen molar-refractivity contribution in [3.8, 4) is 0 Å². The van der Waals surface area contributed by atoms with E-state index < -0.39 is 5.54 Å². The molecule has 1 aromatic rings. The first-order chi connectivity index (χ1) is 7.51. The summed E-state index contributed by atoms with van der Waals surface area (Å²) < 4.78 is 0. The molecule has 1 rings (SSSR count). The predicted molar refractivity (Wildman–Crippen MR) is 64.4 cm³/mol. The molecular formula is C11H20N4O. The number of carbonyl (C=O) groups excluding carboxylic acids is 1. The highest BCUT2D eigenvalue weighted by Gasteiger charge is 2.26. The molecule has 0 fully saturated rings. The Morgan fingerprint density at radius 3 is 2.75 bits per heavy atom. The lowest BCUT2D eigenvalue weighted by Crippen LogP contribution is -2.49. The topological polar surface area (TPSA) is 69.8 Å². The van der Waals surface area contributed by atoms with Gasteiger partial charge in [-0.2, -0.15) is 5.10 Å². The van der Waals surface area contributed by atoms with E-state index in [0.29, 0.717) is 5.82 Å². The molecule has 0 aromatic carbocycles. The molecule has 1 heterocycles. The van der Waals surface area contributed by atoms with Gasteiger partial charge in [0.15, 0.2) is 0 Å². The average molecular weight is 224 g/mol.